The van der Waals surface area contributed by atoms with Gasteiger partial charge >= 0.3 is 5.97 Å². The highest BCUT2D eigenvalue weighted by atomic mass is 127. The van der Waals surface area contributed by atoms with Crippen LogP contribution in [0.15, 0.2) is 16.6 Å². The van der Waals surface area contributed by atoms with Crippen LogP contribution in [0.3, 0.4) is 0 Å². The number of benzene rings is 1. The maximum atomic E-state index is 11.1. The van der Waals surface area contributed by atoms with Crippen LogP contribution in [0.4, 0.5) is 0 Å². The molecule has 0 saturated carbocycles. The van der Waals surface area contributed by atoms with E-state index < -0.39 is 5.97 Å². The summed E-state index contributed by atoms with van der Waals surface area (Å²) in [6.45, 7) is 0. The van der Waals surface area contributed by atoms with Crippen molar-refractivity contribution in [3.8, 4) is 5.75 Å². The van der Waals surface area contributed by atoms with Gasteiger partial charge in [0.15, 0.2) is 0 Å². The van der Waals surface area contributed by atoms with Crippen molar-refractivity contribution in [1.82, 2.24) is 0 Å². The average Bonchev–Trinajstić information content (AvgIpc) is 2.10. The van der Waals surface area contributed by atoms with E-state index in [2.05, 4.69) is 20.7 Å². The van der Waals surface area contributed by atoms with Gasteiger partial charge in [0.2, 0.25) is 0 Å². The third-order valence-electron chi connectivity index (χ3n) is 1.44. The van der Waals surface area contributed by atoms with Crippen LogP contribution in [0.5, 0.6) is 5.75 Å². The number of hydrogen-bond donors (Lipinski definition) is 1. The van der Waals surface area contributed by atoms with Crippen LogP contribution in [0.25, 0.3) is 0 Å². The lowest BCUT2D eigenvalue weighted by atomic mass is 10.2. The van der Waals surface area contributed by atoms with Crippen molar-refractivity contribution in [2.24, 2.45) is 0 Å². The number of hydrogen-bond acceptors (Lipinski definition) is 3. The first-order chi connectivity index (χ1) is 6.06. The molecule has 0 heterocycles. The molecular weight excluding hydrogens is 351 g/mol. The molecule has 0 fully saturated rings. The SMILES string of the molecule is COC(=O)c1cc(O)c(I)cc1Br. The smallest absolute Gasteiger partial charge is 0.339 e. The van der Waals surface area contributed by atoms with Crippen molar-refractivity contribution in [3.63, 3.8) is 0 Å². The number of carbonyl (C=O) groups is 1. The summed E-state index contributed by atoms with van der Waals surface area (Å²) in [5, 5.41) is 9.33. The minimum absolute atomic E-state index is 0.0733. The second kappa shape index (κ2) is 4.28. The van der Waals surface area contributed by atoms with Crippen molar-refractivity contribution in [2.75, 3.05) is 7.11 Å². The fourth-order valence-electron chi connectivity index (χ4n) is 0.804. The van der Waals surface area contributed by atoms with E-state index >= 15 is 0 Å². The molecule has 0 aliphatic heterocycles. The number of aromatic hydroxyl groups is 1. The molecule has 0 bridgehead atoms. The topological polar surface area (TPSA) is 46.5 Å². The normalized spacial score (nSPS) is 9.77. The molecule has 1 aromatic rings. The van der Waals surface area contributed by atoms with Gasteiger partial charge in [-0.2, -0.15) is 0 Å². The van der Waals surface area contributed by atoms with E-state index in [4.69, 9.17) is 0 Å². The summed E-state index contributed by atoms with van der Waals surface area (Å²) in [4.78, 5) is 11.1. The third-order valence-corrected chi connectivity index (χ3v) is 2.96. The Morgan fingerprint density at radius 1 is 1.62 bits per heavy atom. The van der Waals surface area contributed by atoms with Crippen molar-refractivity contribution < 1.29 is 14.6 Å². The predicted octanol–water partition coefficient (Wildman–Crippen LogP) is 2.55. The predicted molar refractivity (Wildman–Crippen MR) is 59.9 cm³/mol. The molecule has 1 aromatic carbocycles. The quantitative estimate of drug-likeness (QED) is 0.621. The van der Waals surface area contributed by atoms with Crippen molar-refractivity contribution in [1.29, 1.82) is 0 Å². The Hall–Kier alpha value is -0.300. The number of phenolic OH excluding ortho intramolecular Hbond substituents is 1. The Kier molecular flexibility index (Phi) is 3.55. The summed E-state index contributed by atoms with van der Waals surface area (Å²) >= 11 is 5.18. The zero-order valence-electron chi connectivity index (χ0n) is 6.67. The number of esters is 1. The second-order valence-electron chi connectivity index (χ2n) is 2.28. The van der Waals surface area contributed by atoms with Crippen LogP contribution in [0, 0.1) is 3.57 Å². The van der Waals surface area contributed by atoms with Crippen LogP contribution >= 0.6 is 38.5 Å². The van der Waals surface area contributed by atoms with Crippen LogP contribution in [-0.4, -0.2) is 18.2 Å². The van der Waals surface area contributed by atoms with Crippen molar-refractivity contribution in [2.45, 2.75) is 0 Å². The third kappa shape index (κ3) is 2.34. The maximum absolute atomic E-state index is 11.1. The Labute approximate surface area is 97.4 Å². The molecular formula is C8H6BrIO3. The van der Waals surface area contributed by atoms with Gasteiger partial charge in [0.1, 0.15) is 5.75 Å². The second-order valence-corrected chi connectivity index (χ2v) is 4.29. The summed E-state index contributed by atoms with van der Waals surface area (Å²) in [5.74, 6) is -0.400. The lowest BCUT2D eigenvalue weighted by Gasteiger charge is -2.04. The van der Waals surface area contributed by atoms with E-state index in [1.54, 1.807) is 6.07 Å². The zero-order valence-corrected chi connectivity index (χ0v) is 10.4. The monoisotopic (exact) mass is 356 g/mol. The fraction of sp³-hybridized carbons (Fsp3) is 0.125. The van der Waals surface area contributed by atoms with Crippen molar-refractivity contribution in [3.05, 3.63) is 25.7 Å². The van der Waals surface area contributed by atoms with E-state index in [1.807, 2.05) is 22.6 Å². The summed E-state index contributed by atoms with van der Waals surface area (Å²) in [7, 11) is 1.30. The van der Waals surface area contributed by atoms with E-state index in [1.165, 1.54) is 13.2 Å². The lowest BCUT2D eigenvalue weighted by Crippen LogP contribution is -2.02. The van der Waals surface area contributed by atoms with E-state index in [0.29, 0.717) is 13.6 Å². The van der Waals surface area contributed by atoms with Gasteiger partial charge in [-0.15, -0.1) is 0 Å². The van der Waals surface area contributed by atoms with Gasteiger partial charge in [-0.1, -0.05) is 0 Å². The van der Waals surface area contributed by atoms with Gasteiger partial charge in [0.25, 0.3) is 0 Å². The van der Waals surface area contributed by atoms with Crippen molar-refractivity contribution >= 4 is 44.5 Å². The molecule has 70 valence electrons. The summed E-state index contributed by atoms with van der Waals surface area (Å²) in [5.41, 5.74) is 0.320. The highest BCUT2D eigenvalue weighted by Gasteiger charge is 2.12. The molecule has 0 unspecified atom stereocenters. The maximum Gasteiger partial charge on any atom is 0.339 e. The molecule has 0 amide bonds. The first-order valence-corrected chi connectivity index (χ1v) is 5.19. The van der Waals surface area contributed by atoms with E-state index in [9.17, 15) is 9.90 Å². The molecule has 0 aliphatic rings. The van der Waals surface area contributed by atoms with E-state index in [0.717, 1.165) is 0 Å². The van der Waals surface area contributed by atoms with Crippen LogP contribution < -0.4 is 0 Å². The molecule has 0 aliphatic carbocycles. The van der Waals surface area contributed by atoms with Gasteiger partial charge in [0, 0.05) is 4.47 Å². The minimum atomic E-state index is -0.474. The highest BCUT2D eigenvalue weighted by Crippen LogP contribution is 2.27. The first kappa shape index (κ1) is 10.8. The Morgan fingerprint density at radius 2 is 2.23 bits per heavy atom. The standard InChI is InChI=1S/C8H6BrIO3/c1-13-8(12)4-2-7(11)6(10)3-5(4)9/h2-3,11H,1H3. The molecule has 1 rings (SSSR count). The average molecular weight is 357 g/mol. The number of methoxy groups -OCH3 is 1. The lowest BCUT2D eigenvalue weighted by molar-refractivity contribution is 0.0599. The Bertz CT molecular complexity index is 351. The molecule has 0 atom stereocenters. The van der Waals surface area contributed by atoms with Gasteiger partial charge in [-0.25, -0.2) is 4.79 Å². The van der Waals surface area contributed by atoms with Gasteiger partial charge in [-0.05, 0) is 50.7 Å². The van der Waals surface area contributed by atoms with Gasteiger partial charge in [0.05, 0.1) is 16.2 Å². The molecule has 13 heavy (non-hydrogen) atoms. The zero-order chi connectivity index (χ0) is 10.0. The van der Waals surface area contributed by atoms with Gasteiger partial charge < -0.3 is 9.84 Å². The summed E-state index contributed by atoms with van der Waals surface area (Å²) in [6, 6.07) is 3.03. The largest absolute Gasteiger partial charge is 0.507 e. The molecule has 3 nitrogen and oxygen atoms in total. The number of ether oxygens (including phenoxy) is 1. The fourth-order valence-corrected chi connectivity index (χ4v) is 2.20. The first-order valence-electron chi connectivity index (χ1n) is 3.32. The summed E-state index contributed by atoms with van der Waals surface area (Å²) in [6.07, 6.45) is 0. The number of carbonyl (C=O) groups excluding carboxylic acids is 1. The van der Waals surface area contributed by atoms with Crippen LogP contribution in [-0.2, 0) is 4.74 Å². The number of rotatable bonds is 1. The van der Waals surface area contributed by atoms with E-state index in [-0.39, 0.29) is 5.75 Å². The van der Waals surface area contributed by atoms with Gasteiger partial charge in [-0.3, -0.25) is 0 Å². The molecule has 5 heteroatoms. The minimum Gasteiger partial charge on any atom is -0.507 e. The highest BCUT2D eigenvalue weighted by molar-refractivity contribution is 14.1. The number of phenols is 1. The Balaban J connectivity index is 3.23. The molecule has 0 saturated heterocycles. The molecule has 1 N–H and O–H groups in total. The number of halogens is 2. The molecule has 0 aromatic heterocycles. The van der Waals surface area contributed by atoms with Crippen LogP contribution in [0.1, 0.15) is 10.4 Å². The summed E-state index contributed by atoms with van der Waals surface area (Å²) < 4.78 is 5.82. The molecule has 0 spiro atoms. The van der Waals surface area contributed by atoms with Crippen LogP contribution in [0.2, 0.25) is 0 Å². The Morgan fingerprint density at radius 3 is 2.77 bits per heavy atom. The molecule has 0 radical (unpaired) electrons.